The Bertz CT molecular complexity index is 1350. The first-order valence-electron chi connectivity index (χ1n) is 8.66. The molecule has 0 unspecified atom stereocenters. The smallest absolute Gasteiger partial charge is 0.304 e. The summed E-state index contributed by atoms with van der Waals surface area (Å²) in [5.74, 6) is -0.861. The van der Waals surface area contributed by atoms with Crippen molar-refractivity contribution in [2.24, 2.45) is 7.05 Å². The number of amides is 1. The third kappa shape index (κ3) is 3.57. The van der Waals surface area contributed by atoms with E-state index in [0.29, 0.717) is 10.1 Å². The quantitative estimate of drug-likeness (QED) is 0.515. The fraction of sp³-hybridized carbons (Fsp3) is 0.105. The minimum atomic E-state index is -4.79. The summed E-state index contributed by atoms with van der Waals surface area (Å²) < 4.78 is 42.9. The van der Waals surface area contributed by atoms with E-state index in [0.717, 1.165) is 6.07 Å². The number of anilines is 1. The van der Waals surface area contributed by atoms with Crippen LogP contribution in [0.5, 0.6) is 0 Å². The molecule has 1 aromatic carbocycles. The van der Waals surface area contributed by atoms with Crippen LogP contribution in [0.15, 0.2) is 42.6 Å². The highest BCUT2D eigenvalue weighted by atomic mass is 35.5. The Morgan fingerprint density at radius 2 is 1.97 bits per heavy atom. The molecule has 4 aromatic rings. The molecule has 0 spiro atoms. The maximum absolute atomic E-state index is 13.7. The van der Waals surface area contributed by atoms with Crippen molar-refractivity contribution >= 4 is 29.0 Å². The van der Waals surface area contributed by atoms with Gasteiger partial charge in [0.05, 0.1) is 11.9 Å². The van der Waals surface area contributed by atoms with Crippen molar-refractivity contribution in [1.29, 1.82) is 5.26 Å². The van der Waals surface area contributed by atoms with E-state index in [-0.39, 0.29) is 27.7 Å². The fourth-order valence-corrected chi connectivity index (χ4v) is 3.18. The van der Waals surface area contributed by atoms with Crippen molar-refractivity contribution in [1.82, 2.24) is 24.4 Å². The summed E-state index contributed by atoms with van der Waals surface area (Å²) in [5, 5.41) is 18.8. The monoisotopic (exact) mass is 445 g/mol. The lowest BCUT2D eigenvalue weighted by atomic mass is 10.1. The van der Waals surface area contributed by atoms with E-state index >= 15 is 0 Å². The lowest BCUT2D eigenvalue weighted by molar-refractivity contribution is -0.142. The van der Waals surface area contributed by atoms with E-state index in [9.17, 15) is 18.0 Å². The molecule has 0 saturated carbocycles. The van der Waals surface area contributed by atoms with Crippen LogP contribution in [0.4, 0.5) is 19.0 Å². The van der Waals surface area contributed by atoms with Gasteiger partial charge in [-0.2, -0.15) is 28.6 Å². The largest absolute Gasteiger partial charge is 0.433 e. The zero-order valence-electron chi connectivity index (χ0n) is 15.6. The van der Waals surface area contributed by atoms with Crippen molar-refractivity contribution < 1.29 is 18.0 Å². The van der Waals surface area contributed by atoms with E-state index in [1.165, 1.54) is 17.9 Å². The number of aromatic nitrogens is 5. The molecule has 0 radical (unpaired) electrons. The fourth-order valence-electron chi connectivity index (χ4n) is 2.93. The van der Waals surface area contributed by atoms with E-state index in [1.807, 2.05) is 6.07 Å². The van der Waals surface area contributed by atoms with Gasteiger partial charge in [0.2, 0.25) is 0 Å². The van der Waals surface area contributed by atoms with Gasteiger partial charge in [0.1, 0.15) is 22.5 Å². The number of benzene rings is 1. The Hall–Kier alpha value is -3.91. The second-order valence-electron chi connectivity index (χ2n) is 6.38. The first kappa shape index (κ1) is 20.4. The molecular weight excluding hydrogens is 435 g/mol. The van der Waals surface area contributed by atoms with Crippen LogP contribution in [-0.4, -0.2) is 30.3 Å². The van der Waals surface area contributed by atoms with Crippen molar-refractivity contribution in [3.05, 3.63) is 64.6 Å². The summed E-state index contributed by atoms with van der Waals surface area (Å²) in [6, 6.07) is 10.9. The van der Waals surface area contributed by atoms with Crippen LogP contribution in [0.3, 0.4) is 0 Å². The second-order valence-corrected chi connectivity index (χ2v) is 6.76. The molecule has 0 bridgehead atoms. The second kappa shape index (κ2) is 7.41. The minimum Gasteiger partial charge on any atom is -0.304 e. The zero-order chi connectivity index (χ0) is 22.3. The number of rotatable bonds is 3. The molecule has 0 aliphatic carbocycles. The first-order valence-corrected chi connectivity index (χ1v) is 9.04. The van der Waals surface area contributed by atoms with Gasteiger partial charge in [0.25, 0.3) is 5.91 Å². The maximum atomic E-state index is 13.7. The first-order chi connectivity index (χ1) is 14.7. The number of nitrogens with zero attached hydrogens (tertiary/aromatic N) is 6. The van der Waals surface area contributed by atoms with Gasteiger partial charge in [0, 0.05) is 12.6 Å². The topological polar surface area (TPSA) is 101 Å². The lowest BCUT2D eigenvalue weighted by Gasteiger charge is -2.11. The molecular formula is C19H11ClF3N7O. The van der Waals surface area contributed by atoms with Gasteiger partial charge in [-0.1, -0.05) is 41.9 Å². The van der Waals surface area contributed by atoms with Gasteiger partial charge >= 0.3 is 6.18 Å². The molecule has 8 nitrogen and oxygen atoms in total. The van der Waals surface area contributed by atoms with Gasteiger partial charge in [-0.15, -0.1) is 0 Å². The molecule has 0 fully saturated rings. The molecule has 156 valence electrons. The summed E-state index contributed by atoms with van der Waals surface area (Å²) in [7, 11) is 1.48. The molecule has 31 heavy (non-hydrogen) atoms. The molecule has 1 N–H and O–H groups in total. The number of halogens is 4. The SMILES string of the molecule is Cn1ncc(C#N)c1NC(=O)c1nn2c(C(F)(F)F)cc(-c3ccccc3)nc2c1Cl. The number of hydrogen-bond donors (Lipinski definition) is 1. The van der Waals surface area contributed by atoms with Crippen molar-refractivity contribution in [3.63, 3.8) is 0 Å². The molecule has 0 aliphatic rings. The van der Waals surface area contributed by atoms with Crippen molar-refractivity contribution in [2.45, 2.75) is 6.18 Å². The molecule has 0 atom stereocenters. The molecule has 0 aliphatic heterocycles. The zero-order valence-corrected chi connectivity index (χ0v) is 16.4. The highest BCUT2D eigenvalue weighted by Crippen LogP contribution is 2.34. The predicted octanol–water partition coefficient (Wildman–Crippen LogP) is 3.93. The molecule has 4 rings (SSSR count). The van der Waals surface area contributed by atoms with Gasteiger partial charge in [0.15, 0.2) is 17.0 Å². The third-order valence-electron chi connectivity index (χ3n) is 4.40. The molecule has 0 saturated heterocycles. The molecule has 1 amide bonds. The predicted molar refractivity (Wildman–Crippen MR) is 104 cm³/mol. The standard InChI is InChI=1S/C19H11ClF3N7O/c1-29-16(11(8-24)9-25-29)27-18(31)15-14(20)17-26-12(10-5-3-2-4-6-10)7-13(19(21,22)23)30(17)28-15/h2-7,9H,1H3,(H,27,31). The normalized spacial score (nSPS) is 11.5. The minimum absolute atomic E-state index is 0.0209. The number of carbonyl (C=O) groups is 1. The molecule has 3 heterocycles. The van der Waals surface area contributed by atoms with Crippen LogP contribution in [0, 0.1) is 11.3 Å². The average Bonchev–Trinajstić information content (AvgIpc) is 3.27. The van der Waals surface area contributed by atoms with Gasteiger partial charge in [-0.05, 0) is 6.07 Å². The number of nitrogens with one attached hydrogen (secondary N) is 1. The number of carbonyl (C=O) groups excluding carboxylic acids is 1. The Labute approximate surface area is 177 Å². The summed E-state index contributed by atoms with van der Waals surface area (Å²) in [6.45, 7) is 0. The number of fused-ring (bicyclic) bond motifs is 1. The number of nitriles is 1. The van der Waals surface area contributed by atoms with E-state index in [1.54, 1.807) is 30.3 Å². The Morgan fingerprint density at radius 1 is 1.26 bits per heavy atom. The van der Waals surface area contributed by atoms with Crippen molar-refractivity contribution in [3.8, 4) is 17.3 Å². The van der Waals surface area contributed by atoms with Gasteiger partial charge in [-0.25, -0.2) is 9.50 Å². The average molecular weight is 446 g/mol. The highest BCUT2D eigenvalue weighted by Gasteiger charge is 2.36. The summed E-state index contributed by atoms with van der Waals surface area (Å²) in [4.78, 5) is 16.9. The van der Waals surface area contributed by atoms with Crippen LogP contribution >= 0.6 is 11.6 Å². The number of hydrogen-bond acceptors (Lipinski definition) is 5. The number of aryl methyl sites for hydroxylation is 1. The van der Waals surface area contributed by atoms with Gasteiger partial charge < -0.3 is 5.32 Å². The Balaban J connectivity index is 1.87. The number of alkyl halides is 3. The summed E-state index contributed by atoms with van der Waals surface area (Å²) in [5.41, 5.74) is -1.42. The van der Waals surface area contributed by atoms with E-state index in [2.05, 4.69) is 20.5 Å². The Morgan fingerprint density at radius 3 is 2.61 bits per heavy atom. The van der Waals surface area contributed by atoms with Crippen LogP contribution in [0.1, 0.15) is 21.7 Å². The third-order valence-corrected chi connectivity index (χ3v) is 4.75. The van der Waals surface area contributed by atoms with Crippen molar-refractivity contribution in [2.75, 3.05) is 5.32 Å². The van der Waals surface area contributed by atoms with Crippen LogP contribution in [0.25, 0.3) is 16.9 Å². The Kier molecular flexibility index (Phi) is 4.87. The van der Waals surface area contributed by atoms with Gasteiger partial charge in [-0.3, -0.25) is 9.48 Å². The van der Waals surface area contributed by atoms with Crippen LogP contribution in [-0.2, 0) is 13.2 Å². The van der Waals surface area contributed by atoms with E-state index in [4.69, 9.17) is 16.9 Å². The summed E-state index contributed by atoms with van der Waals surface area (Å²) >= 11 is 6.23. The van der Waals surface area contributed by atoms with E-state index < -0.39 is 23.5 Å². The highest BCUT2D eigenvalue weighted by molar-refractivity contribution is 6.37. The summed E-state index contributed by atoms with van der Waals surface area (Å²) in [6.07, 6.45) is -3.56. The molecule has 3 aromatic heterocycles. The van der Waals surface area contributed by atoms with Crippen LogP contribution in [0.2, 0.25) is 5.02 Å². The molecule has 12 heteroatoms. The maximum Gasteiger partial charge on any atom is 0.433 e. The van der Waals surface area contributed by atoms with Crippen LogP contribution < -0.4 is 5.32 Å². The lowest BCUT2D eigenvalue weighted by Crippen LogP contribution is -2.17.